The van der Waals surface area contributed by atoms with E-state index in [0.29, 0.717) is 0 Å². The van der Waals surface area contributed by atoms with Crippen molar-refractivity contribution in [1.29, 1.82) is 0 Å². The maximum absolute atomic E-state index is 5.13. The van der Waals surface area contributed by atoms with Crippen molar-refractivity contribution in [3.63, 3.8) is 0 Å². The van der Waals surface area contributed by atoms with Crippen LogP contribution in [0, 0.1) is 6.92 Å². The molecule has 1 heterocycles. The molecule has 1 aromatic heterocycles. The van der Waals surface area contributed by atoms with E-state index in [0.717, 1.165) is 10.0 Å². The normalized spacial score (nSPS) is 12.7. The average molecular weight is 280 g/mol. The summed E-state index contributed by atoms with van der Waals surface area (Å²) in [6.07, 6.45) is 3.47. The molecule has 0 bridgehead atoms. The van der Waals surface area contributed by atoms with E-state index in [1.807, 2.05) is 13.1 Å². The highest BCUT2D eigenvalue weighted by molar-refractivity contribution is 9.10. The van der Waals surface area contributed by atoms with Gasteiger partial charge in [0.05, 0.1) is 18.6 Å². The summed E-state index contributed by atoms with van der Waals surface area (Å²) in [5.74, 6) is 0. The lowest BCUT2D eigenvalue weighted by atomic mass is 10.00. The van der Waals surface area contributed by atoms with Gasteiger partial charge in [0.25, 0.3) is 0 Å². The van der Waals surface area contributed by atoms with Gasteiger partial charge >= 0.3 is 0 Å². The second-order valence-electron chi connectivity index (χ2n) is 3.76. The van der Waals surface area contributed by atoms with Gasteiger partial charge < -0.3 is 9.73 Å². The molecule has 0 saturated heterocycles. The largest absolute Gasteiger partial charge is 0.472 e. The second-order valence-corrected chi connectivity index (χ2v) is 4.55. The lowest BCUT2D eigenvalue weighted by Crippen LogP contribution is -2.17. The number of hydrogen-bond acceptors (Lipinski definition) is 2. The van der Waals surface area contributed by atoms with Crippen molar-refractivity contribution in [3.05, 3.63) is 58.0 Å². The summed E-state index contributed by atoms with van der Waals surface area (Å²) < 4.78 is 6.28. The third kappa shape index (κ3) is 2.06. The van der Waals surface area contributed by atoms with Crippen LogP contribution >= 0.6 is 15.9 Å². The van der Waals surface area contributed by atoms with Crippen molar-refractivity contribution in [2.45, 2.75) is 13.0 Å². The van der Waals surface area contributed by atoms with Crippen molar-refractivity contribution in [1.82, 2.24) is 5.32 Å². The van der Waals surface area contributed by atoms with Gasteiger partial charge in [0.2, 0.25) is 0 Å². The molecule has 3 heteroatoms. The molecule has 0 saturated carbocycles. The minimum Gasteiger partial charge on any atom is -0.472 e. The molecule has 2 nitrogen and oxygen atoms in total. The number of rotatable bonds is 3. The van der Waals surface area contributed by atoms with Crippen molar-refractivity contribution in [3.8, 4) is 0 Å². The molecule has 0 radical (unpaired) electrons. The minimum atomic E-state index is 0.160. The first kappa shape index (κ1) is 11.4. The van der Waals surface area contributed by atoms with Crippen molar-refractivity contribution in [2.24, 2.45) is 0 Å². The molecule has 1 unspecified atom stereocenters. The van der Waals surface area contributed by atoms with Gasteiger partial charge in [-0.2, -0.15) is 0 Å². The number of aryl methyl sites for hydroxylation is 1. The van der Waals surface area contributed by atoms with Gasteiger partial charge in [-0.1, -0.05) is 34.1 Å². The fourth-order valence-electron chi connectivity index (χ4n) is 1.83. The first-order valence-corrected chi connectivity index (χ1v) is 5.97. The van der Waals surface area contributed by atoms with E-state index < -0.39 is 0 Å². The van der Waals surface area contributed by atoms with E-state index in [2.05, 4.69) is 46.4 Å². The van der Waals surface area contributed by atoms with Crippen LogP contribution in [0.25, 0.3) is 0 Å². The molecule has 16 heavy (non-hydrogen) atoms. The average Bonchev–Trinajstić information content (AvgIpc) is 2.79. The molecule has 1 aromatic carbocycles. The number of nitrogens with one attached hydrogen (secondary N) is 1. The Bertz CT molecular complexity index is 465. The Balaban J connectivity index is 2.45. The number of halogens is 1. The summed E-state index contributed by atoms with van der Waals surface area (Å²) in [5.41, 5.74) is 3.60. The van der Waals surface area contributed by atoms with Crippen LogP contribution < -0.4 is 5.32 Å². The summed E-state index contributed by atoms with van der Waals surface area (Å²) in [7, 11) is 1.95. The van der Waals surface area contributed by atoms with E-state index in [-0.39, 0.29) is 6.04 Å². The van der Waals surface area contributed by atoms with E-state index in [1.54, 1.807) is 12.5 Å². The molecule has 1 N–H and O–H groups in total. The highest BCUT2D eigenvalue weighted by Crippen LogP contribution is 2.30. The third-order valence-corrected chi connectivity index (χ3v) is 3.78. The Morgan fingerprint density at radius 1 is 1.31 bits per heavy atom. The van der Waals surface area contributed by atoms with E-state index in [9.17, 15) is 0 Å². The van der Waals surface area contributed by atoms with Crippen LogP contribution in [0.15, 0.2) is 45.7 Å². The molecular weight excluding hydrogens is 266 g/mol. The molecule has 0 amide bonds. The predicted octanol–water partition coefficient (Wildman–Crippen LogP) is 3.66. The zero-order valence-corrected chi connectivity index (χ0v) is 10.9. The van der Waals surface area contributed by atoms with Crippen LogP contribution in [-0.4, -0.2) is 7.05 Å². The van der Waals surface area contributed by atoms with Gasteiger partial charge in [0.1, 0.15) is 0 Å². The smallest absolute Gasteiger partial charge is 0.0953 e. The molecular formula is C13H14BrNO. The molecule has 0 aliphatic heterocycles. The Labute approximate surface area is 104 Å². The van der Waals surface area contributed by atoms with Crippen molar-refractivity contribution >= 4 is 15.9 Å². The van der Waals surface area contributed by atoms with Crippen molar-refractivity contribution in [2.75, 3.05) is 7.05 Å². The zero-order valence-electron chi connectivity index (χ0n) is 9.33. The molecule has 2 rings (SSSR count). The Morgan fingerprint density at radius 2 is 2.12 bits per heavy atom. The van der Waals surface area contributed by atoms with Gasteiger partial charge in [-0.3, -0.25) is 0 Å². The quantitative estimate of drug-likeness (QED) is 0.928. The van der Waals surface area contributed by atoms with Crippen LogP contribution in [0.5, 0.6) is 0 Å². The Morgan fingerprint density at radius 3 is 2.75 bits per heavy atom. The van der Waals surface area contributed by atoms with E-state index in [4.69, 9.17) is 4.42 Å². The molecule has 2 aromatic rings. The zero-order chi connectivity index (χ0) is 11.5. The highest BCUT2D eigenvalue weighted by atomic mass is 79.9. The Kier molecular flexibility index (Phi) is 3.46. The summed E-state index contributed by atoms with van der Waals surface area (Å²) in [6, 6.07) is 8.42. The molecule has 0 aliphatic rings. The van der Waals surface area contributed by atoms with Crippen LogP contribution in [0.2, 0.25) is 0 Å². The van der Waals surface area contributed by atoms with Crippen molar-refractivity contribution < 1.29 is 4.42 Å². The standard InChI is InChI=1S/C13H14BrNO/c1-9-4-3-5-11(12(9)14)13(15-2)10-6-7-16-8-10/h3-8,13,15H,1-2H3. The number of hydrogen-bond donors (Lipinski definition) is 1. The van der Waals surface area contributed by atoms with Gasteiger partial charge in [0, 0.05) is 10.0 Å². The van der Waals surface area contributed by atoms with E-state index >= 15 is 0 Å². The lowest BCUT2D eigenvalue weighted by Gasteiger charge is -2.17. The molecule has 84 valence electrons. The van der Waals surface area contributed by atoms with Gasteiger partial charge in [0.15, 0.2) is 0 Å². The summed E-state index contributed by atoms with van der Waals surface area (Å²) in [5, 5.41) is 3.30. The predicted molar refractivity (Wildman–Crippen MR) is 68.5 cm³/mol. The van der Waals surface area contributed by atoms with Crippen LogP contribution in [0.4, 0.5) is 0 Å². The Hall–Kier alpha value is -1.06. The maximum Gasteiger partial charge on any atom is 0.0953 e. The monoisotopic (exact) mass is 279 g/mol. The van der Waals surface area contributed by atoms with Crippen LogP contribution in [0.3, 0.4) is 0 Å². The van der Waals surface area contributed by atoms with Crippen LogP contribution in [-0.2, 0) is 0 Å². The third-order valence-electron chi connectivity index (χ3n) is 2.70. The summed E-state index contributed by atoms with van der Waals surface area (Å²) in [6.45, 7) is 2.09. The molecule has 0 aliphatic carbocycles. The minimum absolute atomic E-state index is 0.160. The lowest BCUT2D eigenvalue weighted by molar-refractivity contribution is 0.557. The molecule has 1 atom stereocenters. The first-order valence-electron chi connectivity index (χ1n) is 5.18. The first-order chi connectivity index (χ1) is 7.74. The van der Waals surface area contributed by atoms with Gasteiger partial charge in [-0.05, 0) is 31.2 Å². The van der Waals surface area contributed by atoms with Gasteiger partial charge in [-0.15, -0.1) is 0 Å². The summed E-state index contributed by atoms with van der Waals surface area (Å²) >= 11 is 3.64. The van der Waals surface area contributed by atoms with Gasteiger partial charge in [-0.25, -0.2) is 0 Å². The van der Waals surface area contributed by atoms with Crippen LogP contribution in [0.1, 0.15) is 22.7 Å². The topological polar surface area (TPSA) is 25.2 Å². The fourth-order valence-corrected chi connectivity index (χ4v) is 2.33. The maximum atomic E-state index is 5.13. The molecule has 0 fully saturated rings. The SMILES string of the molecule is CNC(c1ccoc1)c1cccc(C)c1Br. The number of benzene rings is 1. The highest BCUT2D eigenvalue weighted by Gasteiger charge is 2.16. The second kappa shape index (κ2) is 4.85. The van der Waals surface area contributed by atoms with E-state index in [1.165, 1.54) is 11.1 Å². The fraction of sp³-hybridized carbons (Fsp3) is 0.231. The number of furan rings is 1. The summed E-state index contributed by atoms with van der Waals surface area (Å²) in [4.78, 5) is 0. The molecule has 0 spiro atoms.